The van der Waals surface area contributed by atoms with E-state index in [-0.39, 0.29) is 11.9 Å². The number of hydrogen-bond donors (Lipinski definition) is 1. The van der Waals surface area contributed by atoms with Crippen LogP contribution in [0.3, 0.4) is 0 Å². The highest BCUT2D eigenvalue weighted by Gasteiger charge is 2.29. The molecule has 184 valence electrons. The number of ether oxygens (including phenoxy) is 2. The molecule has 3 aromatic rings. The second kappa shape index (κ2) is 9.93. The van der Waals surface area contributed by atoms with Gasteiger partial charge < -0.3 is 25.0 Å². The van der Waals surface area contributed by atoms with E-state index in [0.29, 0.717) is 60.4 Å². The lowest BCUT2D eigenvalue weighted by Crippen LogP contribution is -2.51. The lowest BCUT2D eigenvalue weighted by atomic mass is 9.88. The second-order valence-electron chi connectivity index (χ2n) is 9.19. The van der Waals surface area contributed by atoms with Crippen LogP contribution >= 0.6 is 0 Å². The zero-order valence-corrected chi connectivity index (χ0v) is 20.4. The fourth-order valence-electron chi connectivity index (χ4n) is 5.14. The van der Waals surface area contributed by atoms with Crippen molar-refractivity contribution in [2.45, 2.75) is 32.1 Å². The molecule has 5 rings (SSSR count). The van der Waals surface area contributed by atoms with Crippen molar-refractivity contribution in [2.75, 3.05) is 51.0 Å². The third-order valence-electron chi connectivity index (χ3n) is 7.07. The van der Waals surface area contributed by atoms with E-state index in [4.69, 9.17) is 20.2 Å². The molecule has 2 aromatic heterocycles. The zero-order valence-electron chi connectivity index (χ0n) is 20.4. The van der Waals surface area contributed by atoms with Gasteiger partial charge in [-0.15, -0.1) is 0 Å². The number of carbonyl (C=O) groups excluding carboxylic acids is 1. The molecule has 1 aliphatic heterocycles. The molecule has 35 heavy (non-hydrogen) atoms. The molecule has 0 bridgehead atoms. The fourth-order valence-corrected chi connectivity index (χ4v) is 5.14. The monoisotopic (exact) mass is 476 g/mol. The number of amides is 1. The Balaban J connectivity index is 1.41. The van der Waals surface area contributed by atoms with E-state index in [2.05, 4.69) is 14.9 Å². The maximum absolute atomic E-state index is 13.0. The number of nitrogen functional groups attached to an aromatic ring is 1. The Bertz CT molecular complexity index is 1220. The summed E-state index contributed by atoms with van der Waals surface area (Å²) in [7, 11) is 3.23. The van der Waals surface area contributed by atoms with Crippen LogP contribution in [0.2, 0.25) is 0 Å². The molecule has 1 amide bonds. The lowest BCUT2D eigenvalue weighted by Gasteiger charge is -2.37. The van der Waals surface area contributed by atoms with Crippen LogP contribution in [0.5, 0.6) is 11.5 Å². The molecule has 1 aliphatic carbocycles. The minimum atomic E-state index is 0.191. The van der Waals surface area contributed by atoms with E-state index in [9.17, 15) is 4.79 Å². The van der Waals surface area contributed by atoms with Gasteiger partial charge in [-0.1, -0.05) is 19.3 Å². The number of nitrogens with zero attached hydrogens (tertiary/aromatic N) is 5. The molecular formula is C26H32N6O3. The van der Waals surface area contributed by atoms with Gasteiger partial charge >= 0.3 is 0 Å². The van der Waals surface area contributed by atoms with Crippen molar-refractivity contribution in [3.05, 3.63) is 30.3 Å². The maximum Gasteiger partial charge on any atom is 0.225 e. The average molecular weight is 477 g/mol. The largest absolute Gasteiger partial charge is 0.493 e. The molecule has 0 radical (unpaired) electrons. The van der Waals surface area contributed by atoms with E-state index in [1.165, 1.54) is 6.42 Å². The average Bonchev–Trinajstić information content (AvgIpc) is 2.92. The molecule has 9 nitrogen and oxygen atoms in total. The van der Waals surface area contributed by atoms with Crippen molar-refractivity contribution in [3.8, 4) is 22.8 Å². The summed E-state index contributed by atoms with van der Waals surface area (Å²) in [5.41, 5.74) is 9.11. The number of piperazine rings is 1. The van der Waals surface area contributed by atoms with Crippen molar-refractivity contribution in [3.63, 3.8) is 0 Å². The SMILES string of the molecule is COc1ccc(-c2ccc3nc(N)nc(N4CCN(C(=O)C5CCCCC5)CC4)c3n2)cc1OC. The molecule has 0 unspecified atom stereocenters. The number of carbonyl (C=O) groups is 1. The number of benzene rings is 1. The number of rotatable bonds is 5. The van der Waals surface area contributed by atoms with E-state index >= 15 is 0 Å². The molecule has 0 atom stereocenters. The molecule has 0 spiro atoms. The Morgan fingerprint density at radius 3 is 2.37 bits per heavy atom. The molecule has 2 N–H and O–H groups in total. The van der Waals surface area contributed by atoms with E-state index in [0.717, 1.165) is 36.9 Å². The van der Waals surface area contributed by atoms with Gasteiger partial charge in [0.15, 0.2) is 17.3 Å². The summed E-state index contributed by atoms with van der Waals surface area (Å²) >= 11 is 0. The van der Waals surface area contributed by atoms with Gasteiger partial charge in [0, 0.05) is 37.7 Å². The quantitative estimate of drug-likeness (QED) is 0.596. The van der Waals surface area contributed by atoms with Crippen molar-refractivity contribution in [1.29, 1.82) is 0 Å². The second-order valence-corrected chi connectivity index (χ2v) is 9.19. The topological polar surface area (TPSA) is 107 Å². The van der Waals surface area contributed by atoms with Crippen LogP contribution in [0.4, 0.5) is 11.8 Å². The van der Waals surface area contributed by atoms with Gasteiger partial charge in [0.25, 0.3) is 0 Å². The highest BCUT2D eigenvalue weighted by Crippen LogP contribution is 2.33. The lowest BCUT2D eigenvalue weighted by molar-refractivity contribution is -0.136. The van der Waals surface area contributed by atoms with Gasteiger partial charge in [0.1, 0.15) is 5.52 Å². The molecule has 1 aromatic carbocycles. The van der Waals surface area contributed by atoms with Crippen molar-refractivity contribution < 1.29 is 14.3 Å². The summed E-state index contributed by atoms with van der Waals surface area (Å²) in [6.45, 7) is 2.73. The van der Waals surface area contributed by atoms with Gasteiger partial charge in [-0.2, -0.15) is 4.98 Å². The zero-order chi connectivity index (χ0) is 24.4. The van der Waals surface area contributed by atoms with Gasteiger partial charge in [0.05, 0.1) is 25.4 Å². The number of hydrogen-bond acceptors (Lipinski definition) is 8. The highest BCUT2D eigenvalue weighted by atomic mass is 16.5. The maximum atomic E-state index is 13.0. The van der Waals surface area contributed by atoms with Crippen LogP contribution in [0.1, 0.15) is 32.1 Å². The fraction of sp³-hybridized carbons (Fsp3) is 0.462. The van der Waals surface area contributed by atoms with Crippen molar-refractivity contribution in [1.82, 2.24) is 19.9 Å². The van der Waals surface area contributed by atoms with Gasteiger partial charge in [-0.05, 0) is 43.2 Å². The van der Waals surface area contributed by atoms with E-state index in [1.807, 2.05) is 35.2 Å². The molecule has 3 heterocycles. The van der Waals surface area contributed by atoms with Crippen LogP contribution < -0.4 is 20.1 Å². The van der Waals surface area contributed by atoms with Crippen LogP contribution in [0.15, 0.2) is 30.3 Å². The van der Waals surface area contributed by atoms with Crippen LogP contribution in [0, 0.1) is 5.92 Å². The highest BCUT2D eigenvalue weighted by molar-refractivity contribution is 5.89. The standard InChI is InChI=1S/C26H32N6O3/c1-34-21-11-8-18(16-22(21)35-2)19-9-10-20-23(28-19)24(30-26(27)29-20)31-12-14-32(15-13-31)25(33)17-6-4-3-5-7-17/h8-11,16-17H,3-7,12-15H2,1-2H3,(H2,27,29,30). The first-order chi connectivity index (χ1) is 17.1. The molecule has 2 fully saturated rings. The Labute approximate surface area is 205 Å². The van der Waals surface area contributed by atoms with Crippen molar-refractivity contribution >= 4 is 28.7 Å². The molecule has 1 saturated heterocycles. The number of fused-ring (bicyclic) bond motifs is 1. The first kappa shape index (κ1) is 23.1. The van der Waals surface area contributed by atoms with Crippen LogP contribution in [-0.4, -0.2) is 66.2 Å². The minimum Gasteiger partial charge on any atom is -0.493 e. The smallest absolute Gasteiger partial charge is 0.225 e. The summed E-state index contributed by atoms with van der Waals surface area (Å²) in [4.78, 5) is 31.1. The predicted molar refractivity (Wildman–Crippen MR) is 136 cm³/mol. The predicted octanol–water partition coefficient (Wildman–Crippen LogP) is 3.52. The Hall–Kier alpha value is -3.62. The third kappa shape index (κ3) is 4.67. The molecule has 9 heteroatoms. The number of pyridine rings is 1. The van der Waals surface area contributed by atoms with Crippen LogP contribution in [0.25, 0.3) is 22.3 Å². The number of aromatic nitrogens is 3. The summed E-state index contributed by atoms with van der Waals surface area (Å²) < 4.78 is 10.8. The van der Waals surface area contributed by atoms with Gasteiger partial charge in [-0.3, -0.25) is 4.79 Å². The Kier molecular flexibility index (Phi) is 6.57. The van der Waals surface area contributed by atoms with E-state index < -0.39 is 0 Å². The molecule has 2 aliphatic rings. The number of methoxy groups -OCH3 is 2. The van der Waals surface area contributed by atoms with E-state index in [1.54, 1.807) is 14.2 Å². The normalized spacial score (nSPS) is 17.0. The Morgan fingerprint density at radius 2 is 1.66 bits per heavy atom. The van der Waals surface area contributed by atoms with Crippen molar-refractivity contribution in [2.24, 2.45) is 5.92 Å². The third-order valence-corrected chi connectivity index (χ3v) is 7.07. The Morgan fingerprint density at radius 1 is 0.914 bits per heavy atom. The molecular weight excluding hydrogens is 444 g/mol. The van der Waals surface area contributed by atoms with Gasteiger partial charge in [0.2, 0.25) is 11.9 Å². The summed E-state index contributed by atoms with van der Waals surface area (Å²) in [5.74, 6) is 2.73. The summed E-state index contributed by atoms with van der Waals surface area (Å²) in [6, 6.07) is 9.55. The number of anilines is 2. The minimum absolute atomic E-state index is 0.191. The van der Waals surface area contributed by atoms with Crippen LogP contribution in [-0.2, 0) is 4.79 Å². The number of nitrogens with two attached hydrogens (primary N) is 1. The summed E-state index contributed by atoms with van der Waals surface area (Å²) in [5, 5.41) is 0. The summed E-state index contributed by atoms with van der Waals surface area (Å²) in [6.07, 6.45) is 5.62. The first-order valence-corrected chi connectivity index (χ1v) is 12.3. The first-order valence-electron chi connectivity index (χ1n) is 12.3. The van der Waals surface area contributed by atoms with Gasteiger partial charge in [-0.25, -0.2) is 9.97 Å². The molecule has 1 saturated carbocycles.